The molecule has 3 aliphatic rings. The topological polar surface area (TPSA) is 134 Å². The van der Waals surface area contributed by atoms with E-state index in [0.29, 0.717) is 13.0 Å². The number of benzene rings is 3. The van der Waals surface area contributed by atoms with Gasteiger partial charge in [-0.05, 0) is 99.3 Å². The third kappa shape index (κ3) is 6.34. The number of fused-ring (bicyclic) bond motifs is 6. The molecule has 6 aromatic rings. The SMILES string of the molecule is Cc1cc(N2CCN(CCCc3ccc4c(c3)n(C)c(=O)n4C3CCC(=O)NC3=O)CC2)ccc1-c1ccc2c(ccc3sc4c(c32)NC[C@@H](C)NC4=O)n1. The summed E-state index contributed by atoms with van der Waals surface area (Å²) in [6, 6.07) is 20.5. The molecule has 55 heavy (non-hydrogen) atoms. The maximum atomic E-state index is 13.1. The number of hydrogen-bond acceptors (Lipinski definition) is 9. The lowest BCUT2D eigenvalue weighted by Crippen LogP contribution is -2.46. The molecule has 0 spiro atoms. The Morgan fingerprint density at radius 2 is 1.76 bits per heavy atom. The zero-order valence-corrected chi connectivity index (χ0v) is 32.1. The zero-order chi connectivity index (χ0) is 38.0. The number of imidazole rings is 1. The number of piperazine rings is 1. The maximum Gasteiger partial charge on any atom is 0.329 e. The molecule has 9 rings (SSSR count). The fourth-order valence-corrected chi connectivity index (χ4v) is 9.64. The van der Waals surface area contributed by atoms with Crippen LogP contribution in [0.15, 0.2) is 65.5 Å². The lowest BCUT2D eigenvalue weighted by molar-refractivity contribution is -0.135. The van der Waals surface area contributed by atoms with E-state index in [9.17, 15) is 19.2 Å². The highest BCUT2D eigenvalue weighted by Gasteiger charge is 2.31. The molecule has 0 bridgehead atoms. The highest BCUT2D eigenvalue weighted by atomic mass is 32.1. The number of pyridine rings is 1. The molecule has 13 heteroatoms. The lowest BCUT2D eigenvalue weighted by atomic mass is 10.0. The number of nitrogens with one attached hydrogen (secondary N) is 3. The number of rotatable bonds is 7. The number of anilines is 2. The first-order valence-corrected chi connectivity index (χ1v) is 20.0. The van der Waals surface area contributed by atoms with Crippen LogP contribution in [0.2, 0.25) is 0 Å². The normalized spacial score (nSPS) is 19.4. The number of aryl methyl sites for hydroxylation is 3. The van der Waals surface area contributed by atoms with Crippen molar-refractivity contribution in [3.05, 3.63) is 87.2 Å². The fraction of sp³-hybridized carbons (Fsp3) is 0.357. The first-order chi connectivity index (χ1) is 26.6. The van der Waals surface area contributed by atoms with Gasteiger partial charge in [-0.1, -0.05) is 12.1 Å². The molecule has 3 aromatic carbocycles. The number of thiophene rings is 1. The third-order valence-electron chi connectivity index (χ3n) is 11.5. The monoisotopic (exact) mass is 756 g/mol. The van der Waals surface area contributed by atoms with E-state index in [1.54, 1.807) is 11.6 Å². The van der Waals surface area contributed by atoms with Gasteiger partial charge < -0.3 is 15.5 Å². The molecule has 0 aliphatic carbocycles. The van der Waals surface area contributed by atoms with Crippen molar-refractivity contribution in [2.24, 2.45) is 7.05 Å². The van der Waals surface area contributed by atoms with Crippen LogP contribution in [-0.2, 0) is 23.1 Å². The predicted molar refractivity (Wildman–Crippen MR) is 218 cm³/mol. The Bertz CT molecular complexity index is 2600. The van der Waals surface area contributed by atoms with Crippen molar-refractivity contribution in [1.29, 1.82) is 0 Å². The number of amides is 3. The van der Waals surface area contributed by atoms with Gasteiger partial charge in [-0.3, -0.25) is 33.7 Å². The van der Waals surface area contributed by atoms with Crippen LogP contribution in [0.25, 0.3) is 43.3 Å². The van der Waals surface area contributed by atoms with E-state index in [1.807, 2.05) is 13.0 Å². The quantitative estimate of drug-likeness (QED) is 0.186. The number of carbonyl (C=O) groups excluding carboxylic acids is 3. The van der Waals surface area contributed by atoms with Crippen LogP contribution in [0.5, 0.6) is 0 Å². The molecule has 2 fully saturated rings. The van der Waals surface area contributed by atoms with Crippen LogP contribution in [0.4, 0.5) is 11.4 Å². The van der Waals surface area contributed by atoms with Crippen molar-refractivity contribution in [2.45, 2.75) is 51.6 Å². The molecule has 0 radical (unpaired) electrons. The Hall–Kier alpha value is -5.53. The Morgan fingerprint density at radius 1 is 0.927 bits per heavy atom. The Kier molecular flexibility index (Phi) is 8.93. The van der Waals surface area contributed by atoms with Gasteiger partial charge >= 0.3 is 5.69 Å². The number of aromatic nitrogens is 3. The van der Waals surface area contributed by atoms with E-state index in [0.717, 1.165) is 105 Å². The van der Waals surface area contributed by atoms with E-state index >= 15 is 0 Å². The van der Waals surface area contributed by atoms with Crippen molar-refractivity contribution in [2.75, 3.05) is 49.5 Å². The summed E-state index contributed by atoms with van der Waals surface area (Å²) in [5, 5.41) is 11.1. The molecule has 2 saturated heterocycles. The second-order valence-electron chi connectivity index (χ2n) is 15.2. The van der Waals surface area contributed by atoms with Gasteiger partial charge in [0.25, 0.3) is 5.91 Å². The minimum atomic E-state index is -0.675. The first kappa shape index (κ1) is 35.2. The number of nitrogens with zero attached hydrogens (tertiary/aromatic N) is 5. The largest absolute Gasteiger partial charge is 0.381 e. The predicted octanol–water partition coefficient (Wildman–Crippen LogP) is 5.35. The molecule has 0 saturated carbocycles. The second kappa shape index (κ2) is 14.0. The van der Waals surface area contributed by atoms with Crippen LogP contribution in [0.1, 0.15) is 53.0 Å². The summed E-state index contributed by atoms with van der Waals surface area (Å²) in [7, 11) is 1.74. The minimum Gasteiger partial charge on any atom is -0.381 e. The molecule has 3 aliphatic heterocycles. The molecule has 12 nitrogen and oxygen atoms in total. The molecule has 1 unspecified atom stereocenters. The summed E-state index contributed by atoms with van der Waals surface area (Å²) in [6.45, 7) is 9.75. The molecular formula is C42H44N8O4S. The Morgan fingerprint density at radius 3 is 2.56 bits per heavy atom. The summed E-state index contributed by atoms with van der Waals surface area (Å²) in [5.41, 5.74) is 8.74. The second-order valence-corrected chi connectivity index (χ2v) is 16.2. The Balaban J connectivity index is 0.829. The summed E-state index contributed by atoms with van der Waals surface area (Å²) in [4.78, 5) is 61.0. The highest BCUT2D eigenvalue weighted by Crippen LogP contribution is 2.41. The fourth-order valence-electron chi connectivity index (χ4n) is 8.54. The van der Waals surface area contributed by atoms with Crippen molar-refractivity contribution in [1.82, 2.24) is 29.7 Å². The summed E-state index contributed by atoms with van der Waals surface area (Å²) >= 11 is 1.53. The van der Waals surface area contributed by atoms with E-state index in [2.05, 4.69) is 87.3 Å². The maximum absolute atomic E-state index is 13.1. The smallest absolute Gasteiger partial charge is 0.329 e. The van der Waals surface area contributed by atoms with Gasteiger partial charge in [0.2, 0.25) is 11.8 Å². The minimum absolute atomic E-state index is 0.0213. The van der Waals surface area contributed by atoms with Crippen LogP contribution in [0.3, 0.4) is 0 Å². The van der Waals surface area contributed by atoms with Gasteiger partial charge in [0.05, 0.1) is 27.9 Å². The molecule has 3 N–H and O–H groups in total. The highest BCUT2D eigenvalue weighted by molar-refractivity contribution is 7.21. The molecule has 282 valence electrons. The van der Waals surface area contributed by atoms with Crippen LogP contribution >= 0.6 is 11.3 Å². The lowest BCUT2D eigenvalue weighted by Gasteiger charge is -2.36. The molecule has 3 amide bonds. The number of imide groups is 1. The van der Waals surface area contributed by atoms with Crippen molar-refractivity contribution in [3.63, 3.8) is 0 Å². The molecule has 3 aromatic heterocycles. The number of piperidine rings is 1. The van der Waals surface area contributed by atoms with E-state index < -0.39 is 11.9 Å². The van der Waals surface area contributed by atoms with Gasteiger partial charge in [-0.25, -0.2) is 9.78 Å². The first-order valence-electron chi connectivity index (χ1n) is 19.2. The summed E-state index contributed by atoms with van der Waals surface area (Å²) in [6.07, 6.45) is 2.45. The van der Waals surface area contributed by atoms with Crippen molar-refractivity contribution in [3.8, 4) is 11.3 Å². The summed E-state index contributed by atoms with van der Waals surface area (Å²) in [5.74, 6) is -0.729. The van der Waals surface area contributed by atoms with Gasteiger partial charge in [-0.2, -0.15) is 0 Å². The van der Waals surface area contributed by atoms with Gasteiger partial charge in [-0.15, -0.1) is 11.3 Å². The van der Waals surface area contributed by atoms with Crippen LogP contribution < -0.4 is 26.5 Å². The van der Waals surface area contributed by atoms with Crippen molar-refractivity contribution < 1.29 is 14.4 Å². The van der Waals surface area contributed by atoms with E-state index in [4.69, 9.17) is 4.98 Å². The standard InChI is InChI=1S/C42H44N8O4S/c1-24-21-27(7-8-28(24)30-10-9-29-31(45-30)11-14-35-37(29)38-39(55-35)41(53)44-25(2)23-43-38)49-19-17-48(18-20-49)16-4-5-26-6-12-32-34(22-26)47(3)42(54)50(32)33-13-15-36(51)46-40(33)52/h6-12,14,21-22,25,33,43H,4-5,13,15-20,23H2,1-3H3,(H,44,53)(H,46,51,52)/t25-,33?/m1/s1. The van der Waals surface area contributed by atoms with Gasteiger partial charge in [0.1, 0.15) is 10.9 Å². The average molecular weight is 757 g/mol. The average Bonchev–Trinajstić information content (AvgIpc) is 3.63. The molecule has 2 atom stereocenters. The third-order valence-corrected chi connectivity index (χ3v) is 12.7. The van der Waals surface area contributed by atoms with E-state index in [-0.39, 0.29) is 30.0 Å². The van der Waals surface area contributed by atoms with Gasteiger partial charge in [0, 0.05) is 79.0 Å². The van der Waals surface area contributed by atoms with Gasteiger partial charge in [0.15, 0.2) is 0 Å². The van der Waals surface area contributed by atoms with Crippen LogP contribution in [-0.4, -0.2) is 82.1 Å². The van der Waals surface area contributed by atoms with Crippen molar-refractivity contribution >= 4 is 72.5 Å². The zero-order valence-electron chi connectivity index (χ0n) is 31.3. The summed E-state index contributed by atoms with van der Waals surface area (Å²) < 4.78 is 4.22. The molecular weight excluding hydrogens is 713 g/mol. The number of hydrogen-bond donors (Lipinski definition) is 3. The molecule has 6 heterocycles. The Labute approximate surface area is 322 Å². The van der Waals surface area contributed by atoms with Crippen LogP contribution in [0, 0.1) is 6.92 Å². The number of carbonyl (C=O) groups is 3. The van der Waals surface area contributed by atoms with E-state index in [1.165, 1.54) is 27.2 Å².